The van der Waals surface area contributed by atoms with Gasteiger partial charge in [-0.25, -0.2) is 4.79 Å². The predicted octanol–water partition coefficient (Wildman–Crippen LogP) is 3.48. The molecule has 0 aliphatic carbocycles. The molecule has 0 unspecified atom stereocenters. The van der Waals surface area contributed by atoms with Gasteiger partial charge in [0.15, 0.2) is 0 Å². The van der Waals surface area contributed by atoms with Crippen LogP contribution in [0.5, 0.6) is 5.75 Å². The highest BCUT2D eigenvalue weighted by Crippen LogP contribution is 2.30. The minimum Gasteiger partial charge on any atom is -0.487 e. The molecule has 0 radical (unpaired) electrons. The molecule has 11 heteroatoms. The number of amides is 3. The van der Waals surface area contributed by atoms with Crippen molar-refractivity contribution in [2.75, 3.05) is 0 Å². The summed E-state index contributed by atoms with van der Waals surface area (Å²) >= 11 is 4.12. The van der Waals surface area contributed by atoms with Crippen LogP contribution in [0, 0.1) is 28.6 Å². The van der Waals surface area contributed by atoms with Crippen molar-refractivity contribution >= 4 is 68.9 Å². The summed E-state index contributed by atoms with van der Waals surface area (Å²) in [5, 5.41) is 21.7. The van der Waals surface area contributed by atoms with Gasteiger partial charge in [-0.15, -0.1) is 0 Å². The monoisotopic (exact) mass is 618 g/mol. The summed E-state index contributed by atoms with van der Waals surface area (Å²) < 4.78 is 7.29. The van der Waals surface area contributed by atoms with Crippen LogP contribution in [-0.4, -0.2) is 16.9 Å². The van der Waals surface area contributed by atoms with E-state index in [9.17, 15) is 19.7 Å². The first kappa shape index (κ1) is 22.6. The molecular weight excluding hydrogens is 606 g/mol. The fourth-order valence-electron chi connectivity index (χ4n) is 2.16. The molecule has 9 nitrogen and oxygen atoms in total. The van der Waals surface area contributed by atoms with Crippen LogP contribution in [0.1, 0.15) is 11.1 Å². The number of non-ortho nitro benzene ring substituents is 1. The molecule has 0 fully saturated rings. The second kappa shape index (κ2) is 10.2. The number of nitriles is 1. The molecule has 148 valence electrons. The number of nitro groups is 1. The maximum atomic E-state index is 11.8. The lowest BCUT2D eigenvalue weighted by molar-refractivity contribution is -0.384. The minimum absolute atomic E-state index is 0.00252. The van der Waals surface area contributed by atoms with E-state index < -0.39 is 16.9 Å². The number of benzene rings is 2. The first-order valence-corrected chi connectivity index (χ1v) is 9.94. The van der Waals surface area contributed by atoms with E-state index in [1.54, 1.807) is 30.3 Å². The van der Waals surface area contributed by atoms with E-state index in [1.165, 1.54) is 18.2 Å². The number of hydrogen-bond donors (Lipinski definition) is 2. The van der Waals surface area contributed by atoms with Crippen LogP contribution >= 0.6 is 45.2 Å². The normalized spacial score (nSPS) is 10.7. The van der Waals surface area contributed by atoms with Crippen LogP contribution in [0.25, 0.3) is 6.08 Å². The molecule has 3 amide bonds. The molecule has 0 atom stereocenters. The van der Waals surface area contributed by atoms with Gasteiger partial charge in [0.2, 0.25) is 0 Å². The lowest BCUT2D eigenvalue weighted by Gasteiger charge is -2.12. The summed E-state index contributed by atoms with van der Waals surface area (Å²) in [5.74, 6) is -0.287. The number of nitrogens with zero attached hydrogens (tertiary/aromatic N) is 2. The third-order valence-corrected chi connectivity index (χ3v) is 5.07. The average molecular weight is 618 g/mol. The van der Waals surface area contributed by atoms with E-state index in [0.29, 0.717) is 11.3 Å². The molecule has 0 bridgehead atoms. The number of carbonyl (C=O) groups is 2. The number of ether oxygens (including phenoxy) is 1. The molecule has 3 N–H and O–H groups in total. The first-order chi connectivity index (χ1) is 13.7. The van der Waals surface area contributed by atoms with Gasteiger partial charge < -0.3 is 10.5 Å². The van der Waals surface area contributed by atoms with E-state index in [1.807, 2.05) is 5.32 Å². The quantitative estimate of drug-likeness (QED) is 0.167. The number of nitrogens with one attached hydrogen (secondary N) is 1. The van der Waals surface area contributed by atoms with Crippen molar-refractivity contribution in [3.8, 4) is 11.8 Å². The molecule has 0 aliphatic heterocycles. The van der Waals surface area contributed by atoms with Crippen LogP contribution < -0.4 is 15.8 Å². The fraction of sp³-hybridized carbons (Fsp3) is 0.0556. The van der Waals surface area contributed by atoms with Crippen molar-refractivity contribution in [2.24, 2.45) is 5.73 Å². The smallest absolute Gasteiger partial charge is 0.319 e. The van der Waals surface area contributed by atoms with Crippen molar-refractivity contribution in [1.82, 2.24) is 5.32 Å². The Kier molecular flexibility index (Phi) is 7.91. The number of nitro benzene ring substituents is 1. The lowest BCUT2D eigenvalue weighted by Crippen LogP contribution is -2.35. The molecule has 0 spiro atoms. The molecule has 0 aliphatic rings. The van der Waals surface area contributed by atoms with Crippen molar-refractivity contribution in [2.45, 2.75) is 6.61 Å². The Bertz CT molecular complexity index is 1020. The maximum Gasteiger partial charge on any atom is 0.319 e. The van der Waals surface area contributed by atoms with Crippen LogP contribution in [0.3, 0.4) is 0 Å². The topological polar surface area (TPSA) is 148 Å². The van der Waals surface area contributed by atoms with Gasteiger partial charge in [-0.2, -0.15) is 5.26 Å². The summed E-state index contributed by atoms with van der Waals surface area (Å²) in [7, 11) is 0. The Morgan fingerprint density at radius 1 is 1.24 bits per heavy atom. The number of carbonyl (C=O) groups excluding carboxylic acids is 2. The van der Waals surface area contributed by atoms with Gasteiger partial charge in [-0.05, 0) is 86.7 Å². The Morgan fingerprint density at radius 3 is 2.31 bits per heavy atom. The second-order valence-corrected chi connectivity index (χ2v) is 7.84. The number of hydrogen-bond acceptors (Lipinski definition) is 6. The molecule has 0 saturated carbocycles. The highest BCUT2D eigenvalue weighted by atomic mass is 127. The lowest BCUT2D eigenvalue weighted by atomic mass is 10.1. The zero-order valence-corrected chi connectivity index (χ0v) is 18.8. The van der Waals surface area contributed by atoms with Gasteiger partial charge in [-0.3, -0.25) is 20.2 Å². The summed E-state index contributed by atoms with van der Waals surface area (Å²) in [6.07, 6.45) is 1.34. The number of halogens is 2. The molecule has 2 aromatic rings. The van der Waals surface area contributed by atoms with Crippen molar-refractivity contribution in [3.05, 3.63) is 70.4 Å². The van der Waals surface area contributed by atoms with E-state index >= 15 is 0 Å². The largest absolute Gasteiger partial charge is 0.487 e. The SMILES string of the molecule is N#C/C(=C/c1cc(I)c(OCc2ccc([N+](=O)[O-])cc2)c(I)c1)C(=O)NC(N)=O. The Balaban J connectivity index is 2.19. The number of nitrogens with two attached hydrogens (primary N) is 1. The Morgan fingerprint density at radius 2 is 1.83 bits per heavy atom. The summed E-state index contributed by atoms with van der Waals surface area (Å²) in [6, 6.07) is 10.1. The van der Waals surface area contributed by atoms with Gasteiger partial charge in [0.25, 0.3) is 11.6 Å². The van der Waals surface area contributed by atoms with Crippen molar-refractivity contribution in [1.29, 1.82) is 5.26 Å². The second-order valence-electron chi connectivity index (χ2n) is 5.51. The average Bonchev–Trinajstić information content (AvgIpc) is 2.65. The molecule has 2 rings (SSSR count). The van der Waals surface area contributed by atoms with Crippen LogP contribution in [-0.2, 0) is 11.4 Å². The number of urea groups is 1. The van der Waals surface area contributed by atoms with Gasteiger partial charge in [0, 0.05) is 12.1 Å². The van der Waals surface area contributed by atoms with Crippen LogP contribution in [0.4, 0.5) is 10.5 Å². The van der Waals surface area contributed by atoms with Crippen LogP contribution in [0.15, 0.2) is 42.0 Å². The summed E-state index contributed by atoms with van der Waals surface area (Å²) in [5.41, 5.74) is 5.96. The summed E-state index contributed by atoms with van der Waals surface area (Å²) in [6.45, 7) is 0.212. The van der Waals surface area contributed by atoms with Crippen molar-refractivity contribution in [3.63, 3.8) is 0 Å². The highest BCUT2D eigenvalue weighted by Gasteiger charge is 2.14. The predicted molar refractivity (Wildman–Crippen MR) is 121 cm³/mol. The third kappa shape index (κ3) is 6.39. The Hall–Kier alpha value is -2.73. The van der Waals surface area contributed by atoms with Gasteiger partial charge in [0.1, 0.15) is 24.0 Å². The number of primary amides is 1. The zero-order chi connectivity index (χ0) is 21.6. The summed E-state index contributed by atoms with van der Waals surface area (Å²) in [4.78, 5) is 32.8. The van der Waals surface area contributed by atoms with E-state index in [4.69, 9.17) is 15.7 Å². The molecular formula is C18H12I2N4O5. The van der Waals surface area contributed by atoms with E-state index in [0.717, 1.165) is 12.7 Å². The van der Waals surface area contributed by atoms with Crippen LogP contribution in [0.2, 0.25) is 0 Å². The van der Waals surface area contributed by atoms with Gasteiger partial charge in [0.05, 0.1) is 12.1 Å². The molecule has 0 saturated heterocycles. The minimum atomic E-state index is -1.05. The Labute approximate surface area is 192 Å². The molecule has 2 aromatic carbocycles. The molecule has 0 aromatic heterocycles. The number of imide groups is 1. The number of rotatable bonds is 6. The first-order valence-electron chi connectivity index (χ1n) is 7.79. The molecule has 29 heavy (non-hydrogen) atoms. The highest BCUT2D eigenvalue weighted by molar-refractivity contribution is 14.1. The van der Waals surface area contributed by atoms with E-state index in [-0.39, 0.29) is 17.9 Å². The third-order valence-electron chi connectivity index (χ3n) is 3.46. The van der Waals surface area contributed by atoms with E-state index in [2.05, 4.69) is 45.2 Å². The molecule has 0 heterocycles. The van der Waals surface area contributed by atoms with Crippen molar-refractivity contribution < 1.29 is 19.2 Å². The zero-order valence-electron chi connectivity index (χ0n) is 14.5. The fourth-order valence-corrected chi connectivity index (χ4v) is 4.29. The standard InChI is InChI=1S/C18H12I2N4O5/c19-14-6-11(5-12(8-21)17(25)23-18(22)26)7-15(20)16(14)29-9-10-1-3-13(4-2-10)24(27)28/h1-7H,9H2,(H3,22,23,25,26)/b12-5-. The van der Waals surface area contributed by atoms with Gasteiger partial charge >= 0.3 is 6.03 Å². The maximum absolute atomic E-state index is 11.8. The van der Waals surface area contributed by atoms with Gasteiger partial charge in [-0.1, -0.05) is 0 Å².